The summed E-state index contributed by atoms with van der Waals surface area (Å²) >= 11 is 0. The maximum Gasteiger partial charge on any atom is 0.323 e. The average Bonchev–Trinajstić information content (AvgIpc) is 1.99. The lowest BCUT2D eigenvalue weighted by molar-refractivity contribution is -0.149. The first-order valence-corrected chi connectivity index (χ1v) is 2.96. The number of aliphatic hydroxyl groups is 3. The molecule has 11 heavy (non-hydrogen) atoms. The SMILES string of the molecule is O=C(O)C(CO)N(CO)CO. The minimum Gasteiger partial charge on any atom is -0.480 e. The van der Waals surface area contributed by atoms with E-state index in [0.717, 1.165) is 4.90 Å². The molecule has 6 nitrogen and oxygen atoms in total. The summed E-state index contributed by atoms with van der Waals surface area (Å²) in [6, 6.07) is -1.25. The molecule has 0 bridgehead atoms. The van der Waals surface area contributed by atoms with Crippen molar-refractivity contribution in [1.82, 2.24) is 4.90 Å². The minimum atomic E-state index is -1.28. The predicted octanol–water partition coefficient (Wildman–Crippen LogP) is -2.37. The molecule has 0 rings (SSSR count). The van der Waals surface area contributed by atoms with Gasteiger partial charge in [-0.3, -0.25) is 4.79 Å². The molecule has 4 N–H and O–H groups in total. The molecule has 0 fully saturated rings. The quantitative estimate of drug-likeness (QED) is 0.340. The molecule has 0 heterocycles. The fourth-order valence-electron chi connectivity index (χ4n) is 0.592. The Morgan fingerprint density at radius 1 is 1.27 bits per heavy atom. The van der Waals surface area contributed by atoms with Gasteiger partial charge in [0.2, 0.25) is 0 Å². The zero-order valence-electron chi connectivity index (χ0n) is 5.84. The number of hydrogen-bond donors (Lipinski definition) is 4. The lowest BCUT2D eigenvalue weighted by Crippen LogP contribution is -2.44. The van der Waals surface area contributed by atoms with Crippen molar-refractivity contribution in [1.29, 1.82) is 0 Å². The fourth-order valence-corrected chi connectivity index (χ4v) is 0.592. The molecule has 0 aliphatic carbocycles. The van der Waals surface area contributed by atoms with Crippen LogP contribution in [0.2, 0.25) is 0 Å². The van der Waals surface area contributed by atoms with Gasteiger partial charge in [-0.05, 0) is 0 Å². The van der Waals surface area contributed by atoms with E-state index in [1.807, 2.05) is 0 Å². The summed E-state index contributed by atoms with van der Waals surface area (Å²) in [4.78, 5) is 11.1. The number of aliphatic carboxylic acids is 1. The second-order valence-electron chi connectivity index (χ2n) is 1.91. The van der Waals surface area contributed by atoms with Crippen molar-refractivity contribution in [2.24, 2.45) is 0 Å². The molecular weight excluding hydrogens is 154 g/mol. The first-order valence-electron chi connectivity index (χ1n) is 2.96. The lowest BCUT2D eigenvalue weighted by atomic mass is 10.3. The monoisotopic (exact) mass is 165 g/mol. The second-order valence-corrected chi connectivity index (χ2v) is 1.91. The molecule has 0 radical (unpaired) electrons. The van der Waals surface area contributed by atoms with Crippen molar-refractivity contribution in [2.75, 3.05) is 20.1 Å². The molecule has 6 heteroatoms. The standard InChI is InChI=1S/C5H11NO5/c7-1-4(5(10)11)6(2-8)3-9/h4,7-9H,1-3H2,(H,10,11). The number of carboxylic acid groups (broad SMARTS) is 1. The zero-order chi connectivity index (χ0) is 8.85. The van der Waals surface area contributed by atoms with Gasteiger partial charge < -0.3 is 20.4 Å². The molecule has 1 unspecified atom stereocenters. The maximum atomic E-state index is 10.3. The van der Waals surface area contributed by atoms with E-state index < -0.39 is 32.1 Å². The van der Waals surface area contributed by atoms with Crippen molar-refractivity contribution < 1.29 is 25.2 Å². The van der Waals surface area contributed by atoms with Crippen LogP contribution in [0.15, 0.2) is 0 Å². The summed E-state index contributed by atoms with van der Waals surface area (Å²) in [6.45, 7) is -1.85. The Morgan fingerprint density at radius 2 is 1.73 bits per heavy atom. The molecule has 0 aromatic rings. The summed E-state index contributed by atoms with van der Waals surface area (Å²) in [5, 5.41) is 33.8. The molecule has 0 aromatic carbocycles. The van der Waals surface area contributed by atoms with E-state index in [-0.39, 0.29) is 0 Å². The Morgan fingerprint density at radius 3 is 1.82 bits per heavy atom. The van der Waals surface area contributed by atoms with E-state index in [4.69, 9.17) is 20.4 Å². The highest BCUT2D eigenvalue weighted by Gasteiger charge is 2.22. The van der Waals surface area contributed by atoms with Gasteiger partial charge in [-0.25, -0.2) is 4.90 Å². The van der Waals surface area contributed by atoms with Crippen LogP contribution in [0.5, 0.6) is 0 Å². The van der Waals surface area contributed by atoms with E-state index in [0.29, 0.717) is 0 Å². The summed E-state index contributed by atoms with van der Waals surface area (Å²) in [5.41, 5.74) is 0. The topological polar surface area (TPSA) is 101 Å². The highest BCUT2D eigenvalue weighted by atomic mass is 16.4. The van der Waals surface area contributed by atoms with Crippen LogP contribution in [0.25, 0.3) is 0 Å². The van der Waals surface area contributed by atoms with Crippen molar-refractivity contribution in [2.45, 2.75) is 6.04 Å². The van der Waals surface area contributed by atoms with Crippen LogP contribution < -0.4 is 0 Å². The van der Waals surface area contributed by atoms with Crippen LogP contribution in [-0.4, -0.2) is 57.4 Å². The van der Waals surface area contributed by atoms with Crippen molar-refractivity contribution in [3.05, 3.63) is 0 Å². The Balaban J connectivity index is 4.09. The first-order chi connectivity index (χ1) is 5.17. The van der Waals surface area contributed by atoms with E-state index in [1.54, 1.807) is 0 Å². The Bertz CT molecular complexity index is 124. The Kier molecular flexibility index (Phi) is 4.71. The van der Waals surface area contributed by atoms with Crippen LogP contribution >= 0.6 is 0 Å². The van der Waals surface area contributed by atoms with Gasteiger partial charge in [0.15, 0.2) is 0 Å². The van der Waals surface area contributed by atoms with E-state index in [2.05, 4.69) is 0 Å². The highest BCUT2D eigenvalue weighted by molar-refractivity contribution is 5.73. The normalized spacial score (nSPS) is 13.5. The molecule has 1 atom stereocenters. The summed E-state index contributed by atoms with van der Waals surface area (Å²) < 4.78 is 0. The largest absolute Gasteiger partial charge is 0.480 e. The molecule has 66 valence electrons. The molecule has 0 saturated carbocycles. The van der Waals surface area contributed by atoms with Gasteiger partial charge in [0.1, 0.15) is 6.04 Å². The van der Waals surface area contributed by atoms with Crippen molar-refractivity contribution in [3.8, 4) is 0 Å². The van der Waals surface area contributed by atoms with Gasteiger partial charge in [0, 0.05) is 0 Å². The molecule has 0 aliphatic rings. The number of aliphatic hydroxyl groups excluding tert-OH is 3. The van der Waals surface area contributed by atoms with E-state index in [9.17, 15) is 4.79 Å². The molecule has 0 amide bonds. The molecule has 0 spiro atoms. The minimum absolute atomic E-state index is 0.603. The smallest absolute Gasteiger partial charge is 0.323 e. The van der Waals surface area contributed by atoms with Crippen LogP contribution in [-0.2, 0) is 4.79 Å². The van der Waals surface area contributed by atoms with E-state index in [1.165, 1.54) is 0 Å². The van der Waals surface area contributed by atoms with Crippen LogP contribution in [0.1, 0.15) is 0 Å². The predicted molar refractivity (Wildman–Crippen MR) is 34.5 cm³/mol. The molecule has 0 aromatic heterocycles. The maximum absolute atomic E-state index is 10.3. The van der Waals surface area contributed by atoms with Gasteiger partial charge in [-0.1, -0.05) is 0 Å². The lowest BCUT2D eigenvalue weighted by Gasteiger charge is -2.21. The number of nitrogens with zero attached hydrogens (tertiary/aromatic N) is 1. The Hall–Kier alpha value is -0.690. The fraction of sp³-hybridized carbons (Fsp3) is 0.800. The van der Waals surface area contributed by atoms with Gasteiger partial charge >= 0.3 is 5.97 Å². The van der Waals surface area contributed by atoms with Gasteiger partial charge in [0.25, 0.3) is 0 Å². The number of rotatable bonds is 5. The van der Waals surface area contributed by atoms with Crippen molar-refractivity contribution in [3.63, 3.8) is 0 Å². The second kappa shape index (κ2) is 5.03. The van der Waals surface area contributed by atoms with Crippen LogP contribution in [0.4, 0.5) is 0 Å². The van der Waals surface area contributed by atoms with E-state index >= 15 is 0 Å². The number of hydrogen-bond acceptors (Lipinski definition) is 5. The third-order valence-corrected chi connectivity index (χ3v) is 1.26. The molecule has 0 aliphatic heterocycles. The summed E-state index contributed by atoms with van der Waals surface area (Å²) in [5.74, 6) is -1.28. The van der Waals surface area contributed by atoms with Crippen LogP contribution in [0, 0.1) is 0 Å². The third kappa shape index (κ3) is 2.81. The van der Waals surface area contributed by atoms with Gasteiger partial charge in [0.05, 0.1) is 20.1 Å². The third-order valence-electron chi connectivity index (χ3n) is 1.26. The zero-order valence-corrected chi connectivity index (χ0v) is 5.84. The number of carbonyl (C=O) groups is 1. The molecule has 0 saturated heterocycles. The van der Waals surface area contributed by atoms with Crippen molar-refractivity contribution >= 4 is 5.97 Å². The summed E-state index contributed by atoms with van der Waals surface area (Å²) in [6.07, 6.45) is 0. The Labute approximate surface area is 63.3 Å². The summed E-state index contributed by atoms with van der Waals surface area (Å²) in [7, 11) is 0. The van der Waals surface area contributed by atoms with Crippen LogP contribution in [0.3, 0.4) is 0 Å². The van der Waals surface area contributed by atoms with Gasteiger partial charge in [-0.2, -0.15) is 0 Å². The number of carboxylic acids is 1. The average molecular weight is 165 g/mol. The molecular formula is C5H11NO5. The highest BCUT2D eigenvalue weighted by Crippen LogP contribution is 1.95. The van der Waals surface area contributed by atoms with Gasteiger partial charge in [-0.15, -0.1) is 0 Å². The first kappa shape index (κ1) is 10.3.